The van der Waals surface area contributed by atoms with Crippen LogP contribution in [0.1, 0.15) is 11.1 Å². The van der Waals surface area contributed by atoms with Gasteiger partial charge in [-0.25, -0.2) is 0 Å². The maximum absolute atomic E-state index is 9.92. The van der Waals surface area contributed by atoms with Crippen LogP contribution in [0.25, 0.3) is 11.1 Å². The van der Waals surface area contributed by atoms with Crippen LogP contribution < -0.4 is 0 Å². The first-order valence-electron chi connectivity index (χ1n) is 7.27. The van der Waals surface area contributed by atoms with Gasteiger partial charge in [-0.3, -0.25) is 0 Å². The summed E-state index contributed by atoms with van der Waals surface area (Å²) < 4.78 is 0. The first-order chi connectivity index (χ1) is 10.6. The van der Waals surface area contributed by atoms with Crippen LogP contribution in [0.15, 0.2) is 76.5 Å². The van der Waals surface area contributed by atoms with Crippen molar-refractivity contribution in [3.8, 4) is 16.9 Å². The lowest BCUT2D eigenvalue weighted by Crippen LogP contribution is -1.85. The fourth-order valence-corrected chi connectivity index (χ4v) is 3.68. The predicted octanol–water partition coefficient (Wildman–Crippen LogP) is 5.83. The predicted molar refractivity (Wildman–Crippen MR) is 93.6 cm³/mol. The van der Waals surface area contributed by atoms with E-state index in [0.29, 0.717) is 5.75 Å². The van der Waals surface area contributed by atoms with Crippen molar-refractivity contribution in [2.45, 2.75) is 23.6 Å². The Morgan fingerprint density at radius 1 is 0.773 bits per heavy atom. The summed E-state index contributed by atoms with van der Waals surface area (Å²) in [6.07, 6.45) is 0. The molecule has 0 saturated heterocycles. The van der Waals surface area contributed by atoms with E-state index >= 15 is 0 Å². The van der Waals surface area contributed by atoms with Crippen molar-refractivity contribution in [1.29, 1.82) is 0 Å². The first kappa shape index (κ1) is 14.7. The molecule has 3 aromatic carbocycles. The highest BCUT2D eigenvalue weighted by molar-refractivity contribution is 7.99. The van der Waals surface area contributed by atoms with Gasteiger partial charge in [-0.1, -0.05) is 60.3 Å². The van der Waals surface area contributed by atoms with E-state index in [2.05, 4.69) is 48.5 Å². The van der Waals surface area contributed by atoms with E-state index < -0.39 is 0 Å². The summed E-state index contributed by atoms with van der Waals surface area (Å²) in [6.45, 7) is 3.88. The largest absolute Gasteiger partial charge is 0.507 e. The second kappa shape index (κ2) is 6.29. The highest BCUT2D eigenvalue weighted by atomic mass is 32.2. The van der Waals surface area contributed by atoms with Crippen LogP contribution in [0.4, 0.5) is 0 Å². The van der Waals surface area contributed by atoms with Gasteiger partial charge in [0, 0.05) is 9.79 Å². The molecule has 110 valence electrons. The lowest BCUT2D eigenvalue weighted by Gasteiger charge is -2.11. The lowest BCUT2D eigenvalue weighted by molar-refractivity contribution is 0.466. The van der Waals surface area contributed by atoms with Crippen molar-refractivity contribution >= 4 is 11.8 Å². The minimum atomic E-state index is 0.390. The Bertz CT molecular complexity index is 771. The molecule has 0 aliphatic rings. The SMILES string of the molecule is Cc1cc(Sc2ccccc2-c2ccccc2)cc(C)c1O. The average molecular weight is 306 g/mol. The number of hydrogen-bond donors (Lipinski definition) is 1. The third kappa shape index (κ3) is 3.02. The van der Waals surface area contributed by atoms with E-state index in [1.54, 1.807) is 11.8 Å². The summed E-state index contributed by atoms with van der Waals surface area (Å²) in [5, 5.41) is 9.92. The fourth-order valence-electron chi connectivity index (χ4n) is 2.51. The van der Waals surface area contributed by atoms with Crippen LogP contribution in [0, 0.1) is 13.8 Å². The molecule has 1 N–H and O–H groups in total. The quantitative estimate of drug-likeness (QED) is 0.657. The molecule has 0 bridgehead atoms. The van der Waals surface area contributed by atoms with Gasteiger partial charge in [0.15, 0.2) is 0 Å². The molecule has 2 heteroatoms. The summed E-state index contributed by atoms with van der Waals surface area (Å²) in [5.74, 6) is 0.390. The van der Waals surface area contributed by atoms with Crippen LogP contribution in [0.3, 0.4) is 0 Å². The molecule has 0 unspecified atom stereocenters. The van der Waals surface area contributed by atoms with E-state index in [-0.39, 0.29) is 0 Å². The molecule has 0 spiro atoms. The molecule has 0 atom stereocenters. The van der Waals surface area contributed by atoms with Crippen molar-refractivity contribution < 1.29 is 5.11 Å². The third-order valence-electron chi connectivity index (χ3n) is 3.66. The topological polar surface area (TPSA) is 20.2 Å². The monoisotopic (exact) mass is 306 g/mol. The summed E-state index contributed by atoms with van der Waals surface area (Å²) in [6, 6.07) is 22.9. The fraction of sp³-hybridized carbons (Fsp3) is 0.100. The highest BCUT2D eigenvalue weighted by Gasteiger charge is 2.08. The van der Waals surface area contributed by atoms with Gasteiger partial charge in [0.05, 0.1) is 0 Å². The molecule has 22 heavy (non-hydrogen) atoms. The Kier molecular flexibility index (Phi) is 4.21. The Morgan fingerprint density at radius 3 is 2.05 bits per heavy atom. The lowest BCUT2D eigenvalue weighted by atomic mass is 10.1. The van der Waals surface area contributed by atoms with Crippen molar-refractivity contribution in [2.24, 2.45) is 0 Å². The zero-order valence-electron chi connectivity index (χ0n) is 12.7. The molecule has 0 aliphatic carbocycles. The Labute approximate surface area is 135 Å². The smallest absolute Gasteiger partial charge is 0.121 e. The molecule has 0 amide bonds. The molecule has 0 radical (unpaired) electrons. The van der Waals surface area contributed by atoms with Crippen molar-refractivity contribution in [3.63, 3.8) is 0 Å². The average Bonchev–Trinajstić information content (AvgIpc) is 2.54. The summed E-state index contributed by atoms with van der Waals surface area (Å²) in [4.78, 5) is 2.37. The van der Waals surface area contributed by atoms with E-state index in [0.717, 1.165) is 16.0 Å². The molecular formula is C20H18OS. The number of phenols is 1. The highest BCUT2D eigenvalue weighted by Crippen LogP contribution is 2.38. The summed E-state index contributed by atoms with van der Waals surface area (Å²) in [7, 11) is 0. The zero-order chi connectivity index (χ0) is 15.5. The van der Waals surface area contributed by atoms with Gasteiger partial charge in [0.1, 0.15) is 5.75 Å². The summed E-state index contributed by atoms with van der Waals surface area (Å²) >= 11 is 1.73. The molecule has 0 aromatic heterocycles. The molecular weight excluding hydrogens is 288 g/mol. The van der Waals surface area contributed by atoms with Gasteiger partial charge in [-0.2, -0.15) is 0 Å². The molecule has 0 aliphatic heterocycles. The van der Waals surface area contributed by atoms with Gasteiger partial charge in [-0.05, 0) is 54.3 Å². The number of aryl methyl sites for hydroxylation is 2. The molecule has 1 nitrogen and oxygen atoms in total. The van der Waals surface area contributed by atoms with Crippen LogP contribution in [-0.2, 0) is 0 Å². The Balaban J connectivity index is 2.00. The molecule has 0 fully saturated rings. The minimum Gasteiger partial charge on any atom is -0.507 e. The Hall–Kier alpha value is -2.19. The minimum absolute atomic E-state index is 0.390. The van der Waals surface area contributed by atoms with E-state index in [4.69, 9.17) is 0 Å². The number of phenolic OH excluding ortho intramolecular Hbond substituents is 1. The second-order valence-electron chi connectivity index (χ2n) is 5.37. The zero-order valence-corrected chi connectivity index (χ0v) is 13.5. The first-order valence-corrected chi connectivity index (χ1v) is 8.09. The van der Waals surface area contributed by atoms with Crippen LogP contribution in [-0.4, -0.2) is 5.11 Å². The number of rotatable bonds is 3. The van der Waals surface area contributed by atoms with Crippen LogP contribution >= 0.6 is 11.8 Å². The van der Waals surface area contributed by atoms with E-state index in [1.165, 1.54) is 16.0 Å². The van der Waals surface area contributed by atoms with Crippen molar-refractivity contribution in [3.05, 3.63) is 77.9 Å². The van der Waals surface area contributed by atoms with Crippen molar-refractivity contribution in [1.82, 2.24) is 0 Å². The van der Waals surface area contributed by atoms with E-state index in [1.807, 2.05) is 32.0 Å². The number of benzene rings is 3. The van der Waals surface area contributed by atoms with Crippen LogP contribution in [0.5, 0.6) is 5.75 Å². The van der Waals surface area contributed by atoms with Gasteiger partial charge in [-0.15, -0.1) is 0 Å². The number of hydrogen-bond acceptors (Lipinski definition) is 2. The van der Waals surface area contributed by atoms with Gasteiger partial charge in [0.25, 0.3) is 0 Å². The molecule has 3 rings (SSSR count). The van der Waals surface area contributed by atoms with E-state index in [9.17, 15) is 5.11 Å². The maximum atomic E-state index is 9.92. The molecule has 0 heterocycles. The van der Waals surface area contributed by atoms with Gasteiger partial charge in [0.2, 0.25) is 0 Å². The number of aromatic hydroxyl groups is 1. The molecule has 3 aromatic rings. The normalized spacial score (nSPS) is 10.6. The standard InChI is InChI=1S/C20H18OS/c1-14-12-17(13-15(2)20(14)21)22-19-11-7-6-10-18(19)16-8-4-3-5-9-16/h3-13,21H,1-2H3. The van der Waals surface area contributed by atoms with Gasteiger partial charge >= 0.3 is 0 Å². The van der Waals surface area contributed by atoms with Crippen LogP contribution in [0.2, 0.25) is 0 Å². The Morgan fingerprint density at radius 2 is 1.36 bits per heavy atom. The second-order valence-corrected chi connectivity index (χ2v) is 6.49. The third-order valence-corrected chi connectivity index (χ3v) is 4.71. The van der Waals surface area contributed by atoms with Crippen molar-refractivity contribution in [2.75, 3.05) is 0 Å². The molecule has 0 saturated carbocycles. The maximum Gasteiger partial charge on any atom is 0.121 e. The van der Waals surface area contributed by atoms with Gasteiger partial charge < -0.3 is 5.11 Å². The summed E-state index contributed by atoms with van der Waals surface area (Å²) in [5.41, 5.74) is 4.29.